The Balaban J connectivity index is 1.41. The molecule has 0 saturated carbocycles. The van der Waals surface area contributed by atoms with Crippen molar-refractivity contribution in [3.8, 4) is 16.9 Å². The van der Waals surface area contributed by atoms with E-state index in [4.69, 9.17) is 26.1 Å². The van der Waals surface area contributed by atoms with E-state index >= 15 is 0 Å². The van der Waals surface area contributed by atoms with E-state index in [9.17, 15) is 9.59 Å². The van der Waals surface area contributed by atoms with Crippen LogP contribution in [0.15, 0.2) is 53.6 Å². The second kappa shape index (κ2) is 9.23. The van der Waals surface area contributed by atoms with Crippen molar-refractivity contribution >= 4 is 28.6 Å². The minimum absolute atomic E-state index is 0.00877. The molecule has 9 nitrogen and oxygen atoms in total. The summed E-state index contributed by atoms with van der Waals surface area (Å²) in [6.45, 7) is 3.19. The smallest absolute Gasteiger partial charge is 0.410 e. The monoisotopic (exact) mass is 519 g/mol. The number of piperidine rings is 1. The van der Waals surface area contributed by atoms with Crippen LogP contribution in [0.3, 0.4) is 0 Å². The van der Waals surface area contributed by atoms with Crippen molar-refractivity contribution in [3.63, 3.8) is 0 Å². The van der Waals surface area contributed by atoms with Crippen molar-refractivity contribution in [2.75, 3.05) is 13.2 Å². The second-order valence-corrected chi connectivity index (χ2v) is 10.1. The number of carbonyl (C=O) groups is 1. The Morgan fingerprint density at radius 1 is 1.19 bits per heavy atom. The molecule has 190 valence electrons. The number of cyclic esters (lactones) is 1. The lowest BCUT2D eigenvalue weighted by molar-refractivity contribution is 0.0941. The normalized spacial score (nSPS) is 19.2. The van der Waals surface area contributed by atoms with Crippen molar-refractivity contribution < 1.29 is 14.3 Å². The van der Waals surface area contributed by atoms with E-state index in [0.717, 1.165) is 16.7 Å². The summed E-state index contributed by atoms with van der Waals surface area (Å²) in [7, 11) is 1.86. The number of halogens is 1. The van der Waals surface area contributed by atoms with Gasteiger partial charge in [0.1, 0.15) is 24.3 Å². The standard InChI is InChI=1S/C27H26ClN5O4/c1-16-30-24-10-22(18-12-29-31(2)14-18)25(37-21-7-8-32-20(9-21)15-36-27(32)35)11-23(24)26(34)33(16)13-17-3-5-19(28)6-4-17/h3-6,10-12,14,20-21H,7-9,13,15H2,1-2H3/t20-,21-/m0/s1. The van der Waals surface area contributed by atoms with E-state index in [1.807, 2.05) is 50.5 Å². The largest absolute Gasteiger partial charge is 0.490 e. The number of benzene rings is 2. The Kier molecular flexibility index (Phi) is 5.87. The van der Waals surface area contributed by atoms with Crippen LogP contribution in [0.25, 0.3) is 22.0 Å². The van der Waals surface area contributed by atoms with Gasteiger partial charge in [0, 0.05) is 48.8 Å². The third kappa shape index (κ3) is 4.44. The van der Waals surface area contributed by atoms with E-state index in [2.05, 4.69) is 5.10 Å². The Bertz CT molecular complexity index is 1560. The molecule has 2 aliphatic heterocycles. The number of aryl methyl sites for hydroxylation is 2. The van der Waals surface area contributed by atoms with Crippen LogP contribution >= 0.6 is 11.6 Å². The van der Waals surface area contributed by atoms with Crippen molar-refractivity contribution in [1.29, 1.82) is 0 Å². The molecule has 0 aliphatic carbocycles. The van der Waals surface area contributed by atoms with Gasteiger partial charge in [-0.1, -0.05) is 23.7 Å². The van der Waals surface area contributed by atoms with Gasteiger partial charge in [-0.15, -0.1) is 0 Å². The summed E-state index contributed by atoms with van der Waals surface area (Å²) in [5, 5.41) is 5.45. The molecule has 0 N–H and O–H groups in total. The Labute approximate surface area is 218 Å². The number of amides is 1. The van der Waals surface area contributed by atoms with Crippen LogP contribution in [0.5, 0.6) is 5.75 Å². The zero-order valence-electron chi connectivity index (χ0n) is 20.6. The summed E-state index contributed by atoms with van der Waals surface area (Å²) < 4.78 is 15.1. The lowest BCUT2D eigenvalue weighted by Gasteiger charge is -2.33. The molecule has 4 heterocycles. The molecule has 2 aromatic carbocycles. The van der Waals surface area contributed by atoms with Gasteiger partial charge in [0.05, 0.1) is 29.7 Å². The molecule has 4 aromatic rings. The maximum Gasteiger partial charge on any atom is 0.410 e. The van der Waals surface area contributed by atoms with Crippen LogP contribution in [0.1, 0.15) is 24.2 Å². The second-order valence-electron chi connectivity index (χ2n) is 9.63. The van der Waals surface area contributed by atoms with Gasteiger partial charge in [-0.05, 0) is 36.8 Å². The summed E-state index contributed by atoms with van der Waals surface area (Å²) >= 11 is 6.03. The van der Waals surface area contributed by atoms with Crippen LogP contribution in [-0.4, -0.2) is 55.6 Å². The van der Waals surface area contributed by atoms with Gasteiger partial charge in [0.2, 0.25) is 0 Å². The van der Waals surface area contributed by atoms with Crippen molar-refractivity contribution in [3.05, 3.63) is 75.6 Å². The van der Waals surface area contributed by atoms with Crippen molar-refractivity contribution in [1.82, 2.24) is 24.2 Å². The molecule has 37 heavy (non-hydrogen) atoms. The number of carbonyl (C=O) groups excluding carboxylic acids is 1. The molecule has 0 unspecified atom stereocenters. The van der Waals surface area contributed by atoms with Crippen molar-refractivity contribution in [2.45, 2.75) is 38.5 Å². The third-order valence-electron chi connectivity index (χ3n) is 7.11. The first kappa shape index (κ1) is 23.5. The molecule has 0 radical (unpaired) electrons. The maximum atomic E-state index is 13.7. The summed E-state index contributed by atoms with van der Waals surface area (Å²) in [6.07, 6.45) is 4.67. The van der Waals surface area contributed by atoms with E-state index in [0.29, 0.717) is 60.0 Å². The van der Waals surface area contributed by atoms with E-state index in [1.165, 1.54) is 0 Å². The van der Waals surface area contributed by atoms with Gasteiger partial charge >= 0.3 is 6.09 Å². The quantitative estimate of drug-likeness (QED) is 0.393. The van der Waals surface area contributed by atoms with E-state index in [-0.39, 0.29) is 23.8 Å². The lowest BCUT2D eigenvalue weighted by atomic mass is 10.0. The van der Waals surface area contributed by atoms with Crippen LogP contribution in [0, 0.1) is 6.92 Å². The molecule has 0 spiro atoms. The Hall–Kier alpha value is -3.85. The lowest BCUT2D eigenvalue weighted by Crippen LogP contribution is -2.44. The zero-order valence-corrected chi connectivity index (χ0v) is 21.3. The zero-order chi connectivity index (χ0) is 25.7. The highest BCUT2D eigenvalue weighted by molar-refractivity contribution is 6.30. The fraction of sp³-hybridized carbons (Fsp3) is 0.333. The molecule has 2 aliphatic rings. The van der Waals surface area contributed by atoms with Crippen LogP contribution in [0.2, 0.25) is 5.02 Å². The Morgan fingerprint density at radius 3 is 2.76 bits per heavy atom. The van der Waals surface area contributed by atoms with Gasteiger partial charge in [-0.2, -0.15) is 5.10 Å². The first-order valence-corrected chi connectivity index (χ1v) is 12.6. The minimum atomic E-state index is -0.257. The summed E-state index contributed by atoms with van der Waals surface area (Å²) in [5.74, 6) is 1.22. The summed E-state index contributed by atoms with van der Waals surface area (Å²) in [4.78, 5) is 32.1. The molecular weight excluding hydrogens is 494 g/mol. The number of rotatable bonds is 5. The average molecular weight is 520 g/mol. The average Bonchev–Trinajstić information content (AvgIpc) is 3.48. The van der Waals surface area contributed by atoms with Gasteiger partial charge in [-0.3, -0.25) is 14.0 Å². The molecule has 2 atom stereocenters. The number of fused-ring (bicyclic) bond motifs is 2. The van der Waals surface area contributed by atoms with Crippen LogP contribution in [0.4, 0.5) is 4.79 Å². The first-order valence-electron chi connectivity index (χ1n) is 12.2. The van der Waals surface area contributed by atoms with Gasteiger partial charge in [0.15, 0.2) is 0 Å². The summed E-state index contributed by atoms with van der Waals surface area (Å²) in [6, 6.07) is 11.1. The molecule has 1 amide bonds. The van der Waals surface area contributed by atoms with Crippen LogP contribution in [-0.2, 0) is 18.3 Å². The van der Waals surface area contributed by atoms with Gasteiger partial charge in [-0.25, -0.2) is 9.78 Å². The predicted molar refractivity (Wildman–Crippen MR) is 139 cm³/mol. The molecule has 6 rings (SSSR count). The Morgan fingerprint density at radius 2 is 2.00 bits per heavy atom. The van der Waals surface area contributed by atoms with Gasteiger partial charge < -0.3 is 14.4 Å². The predicted octanol–water partition coefficient (Wildman–Crippen LogP) is 4.17. The third-order valence-corrected chi connectivity index (χ3v) is 7.36. The number of hydrogen-bond acceptors (Lipinski definition) is 6. The minimum Gasteiger partial charge on any atom is -0.490 e. The number of nitrogens with zero attached hydrogens (tertiary/aromatic N) is 5. The number of ether oxygens (including phenoxy) is 2. The first-order chi connectivity index (χ1) is 17.9. The molecular formula is C27H26ClN5O4. The highest BCUT2D eigenvalue weighted by Crippen LogP contribution is 2.36. The maximum absolute atomic E-state index is 13.7. The SMILES string of the molecule is Cc1nc2cc(-c3cnn(C)c3)c(O[C@H]3CCN4C(=O)OC[C@@H]4C3)cc2c(=O)n1Cc1ccc(Cl)cc1. The van der Waals surface area contributed by atoms with E-state index < -0.39 is 0 Å². The molecule has 2 saturated heterocycles. The highest BCUT2D eigenvalue weighted by atomic mass is 35.5. The van der Waals surface area contributed by atoms with Gasteiger partial charge in [0.25, 0.3) is 5.56 Å². The van der Waals surface area contributed by atoms with Crippen molar-refractivity contribution in [2.24, 2.45) is 7.05 Å². The van der Waals surface area contributed by atoms with E-state index in [1.54, 1.807) is 26.4 Å². The highest BCUT2D eigenvalue weighted by Gasteiger charge is 2.39. The molecule has 2 fully saturated rings. The topological polar surface area (TPSA) is 91.5 Å². The molecule has 0 bridgehead atoms. The summed E-state index contributed by atoms with van der Waals surface area (Å²) in [5.41, 5.74) is 3.12. The fourth-order valence-electron chi connectivity index (χ4n) is 5.15. The van der Waals surface area contributed by atoms with Crippen LogP contribution < -0.4 is 10.3 Å². The molecule has 2 aromatic heterocycles. The molecule has 10 heteroatoms. The number of hydrogen-bond donors (Lipinski definition) is 0. The fourth-order valence-corrected chi connectivity index (χ4v) is 5.28. The number of aromatic nitrogens is 4.